The predicted molar refractivity (Wildman–Crippen MR) is 98.0 cm³/mol. The minimum Gasteiger partial charge on any atom is -0.325 e. The summed E-state index contributed by atoms with van der Waals surface area (Å²) < 4.78 is 62.7. The van der Waals surface area contributed by atoms with Gasteiger partial charge in [0.25, 0.3) is 0 Å². The Morgan fingerprint density at radius 3 is 2.14 bits per heavy atom. The van der Waals surface area contributed by atoms with Crippen molar-refractivity contribution >= 4 is 27.3 Å². The molecular weight excluding hydrogens is 395 g/mol. The number of halogens is 3. The highest BCUT2D eigenvalue weighted by Gasteiger charge is 2.30. The first-order valence-electron chi connectivity index (χ1n) is 7.91. The fraction of sp³-hybridized carbons (Fsp3) is 0.222. The van der Waals surface area contributed by atoms with Crippen LogP contribution >= 0.6 is 0 Å². The van der Waals surface area contributed by atoms with Gasteiger partial charge in [-0.2, -0.15) is 18.4 Å². The number of nitriles is 1. The van der Waals surface area contributed by atoms with Crippen molar-refractivity contribution < 1.29 is 26.4 Å². The van der Waals surface area contributed by atoms with Gasteiger partial charge in [-0.15, -0.1) is 0 Å². The Labute approximate surface area is 160 Å². The van der Waals surface area contributed by atoms with Crippen LogP contribution in [0.4, 0.5) is 24.5 Å². The molecule has 0 unspecified atom stereocenters. The molecule has 0 bridgehead atoms. The van der Waals surface area contributed by atoms with Crippen LogP contribution < -0.4 is 9.62 Å². The molecule has 0 aromatic heterocycles. The van der Waals surface area contributed by atoms with Crippen molar-refractivity contribution in [2.45, 2.75) is 12.6 Å². The molecule has 148 valence electrons. The second-order valence-corrected chi connectivity index (χ2v) is 7.80. The summed E-state index contributed by atoms with van der Waals surface area (Å²) in [6.07, 6.45) is -3.48. The molecule has 2 aromatic rings. The number of hydrogen-bond acceptors (Lipinski definition) is 4. The fourth-order valence-corrected chi connectivity index (χ4v) is 3.20. The number of carbonyl (C=O) groups excluding carboxylic acids is 1. The third-order valence-corrected chi connectivity index (χ3v) is 4.83. The van der Waals surface area contributed by atoms with Gasteiger partial charge in [0.15, 0.2) is 0 Å². The molecule has 0 radical (unpaired) electrons. The van der Waals surface area contributed by atoms with Crippen LogP contribution in [-0.2, 0) is 27.4 Å². The van der Waals surface area contributed by atoms with Gasteiger partial charge in [0.05, 0.1) is 30.0 Å². The van der Waals surface area contributed by atoms with E-state index < -0.39 is 34.2 Å². The van der Waals surface area contributed by atoms with E-state index in [0.29, 0.717) is 9.99 Å². The summed E-state index contributed by atoms with van der Waals surface area (Å²) in [7, 11) is -3.91. The monoisotopic (exact) mass is 411 g/mol. The third kappa shape index (κ3) is 5.72. The first-order chi connectivity index (χ1) is 13.0. The number of carbonyl (C=O) groups is 1. The molecular formula is C18H16F3N3O3S. The molecule has 0 aliphatic rings. The van der Waals surface area contributed by atoms with Crippen molar-refractivity contribution in [3.63, 3.8) is 0 Å². The molecule has 0 saturated heterocycles. The summed E-state index contributed by atoms with van der Waals surface area (Å²) in [5.41, 5.74) is 0.164. The van der Waals surface area contributed by atoms with Crippen LogP contribution in [0.15, 0.2) is 48.5 Å². The van der Waals surface area contributed by atoms with Crippen molar-refractivity contribution in [2.24, 2.45) is 0 Å². The molecule has 0 heterocycles. The summed E-state index contributed by atoms with van der Waals surface area (Å²) >= 11 is 0. The van der Waals surface area contributed by atoms with Gasteiger partial charge in [-0.3, -0.25) is 9.10 Å². The van der Waals surface area contributed by atoms with Gasteiger partial charge in [-0.05, 0) is 42.0 Å². The van der Waals surface area contributed by atoms with E-state index in [9.17, 15) is 26.4 Å². The fourth-order valence-electron chi connectivity index (χ4n) is 2.34. The van der Waals surface area contributed by atoms with Gasteiger partial charge in [0, 0.05) is 5.69 Å². The topological polar surface area (TPSA) is 90.3 Å². The lowest BCUT2D eigenvalue weighted by atomic mass is 10.1. The number of benzene rings is 2. The molecule has 0 aliphatic heterocycles. The Hall–Kier alpha value is -3.06. The number of hydrogen-bond donors (Lipinski definition) is 1. The van der Waals surface area contributed by atoms with E-state index in [1.807, 2.05) is 6.07 Å². The summed E-state index contributed by atoms with van der Waals surface area (Å²) in [6.45, 7) is -0.607. The first kappa shape index (κ1) is 21.2. The Balaban J connectivity index is 2.16. The molecule has 1 amide bonds. The van der Waals surface area contributed by atoms with Crippen LogP contribution in [0.25, 0.3) is 0 Å². The number of amides is 1. The molecule has 0 fully saturated rings. The van der Waals surface area contributed by atoms with Crippen molar-refractivity contribution in [1.82, 2.24) is 0 Å². The lowest BCUT2D eigenvalue weighted by Gasteiger charge is -2.22. The summed E-state index contributed by atoms with van der Waals surface area (Å²) in [6, 6.07) is 11.9. The molecule has 28 heavy (non-hydrogen) atoms. The highest BCUT2D eigenvalue weighted by molar-refractivity contribution is 7.92. The van der Waals surface area contributed by atoms with Crippen molar-refractivity contribution in [1.29, 1.82) is 5.26 Å². The van der Waals surface area contributed by atoms with Gasteiger partial charge in [-0.25, -0.2) is 8.42 Å². The molecule has 10 heteroatoms. The molecule has 0 spiro atoms. The summed E-state index contributed by atoms with van der Waals surface area (Å²) in [4.78, 5) is 12.2. The van der Waals surface area contributed by atoms with Gasteiger partial charge in [0.1, 0.15) is 6.54 Å². The van der Waals surface area contributed by atoms with E-state index in [1.54, 1.807) is 24.3 Å². The standard InChI is InChI=1S/C18H16F3N3O3S/c1-28(26,27)24(16-8-4-14(5-9-16)18(19,20)21)12-17(25)23-15-6-2-13(3-7-15)10-11-22/h2-9H,10,12H2,1H3,(H,23,25). The minimum absolute atomic E-state index is 0.0602. The number of alkyl halides is 3. The van der Waals surface area contributed by atoms with Gasteiger partial charge < -0.3 is 5.32 Å². The van der Waals surface area contributed by atoms with Crippen LogP contribution in [0.3, 0.4) is 0 Å². The van der Waals surface area contributed by atoms with Crippen LogP contribution in [0.5, 0.6) is 0 Å². The normalized spacial score (nSPS) is 11.5. The minimum atomic E-state index is -4.55. The highest BCUT2D eigenvalue weighted by Crippen LogP contribution is 2.31. The number of sulfonamides is 1. The smallest absolute Gasteiger partial charge is 0.325 e. The second-order valence-electron chi connectivity index (χ2n) is 5.89. The van der Waals surface area contributed by atoms with Crippen LogP contribution in [0.1, 0.15) is 11.1 Å². The molecule has 0 aliphatic carbocycles. The average Bonchev–Trinajstić information content (AvgIpc) is 2.60. The summed E-state index contributed by atoms with van der Waals surface area (Å²) in [5.74, 6) is -0.668. The van der Waals surface area contributed by atoms with Crippen molar-refractivity contribution in [3.05, 3.63) is 59.7 Å². The number of anilines is 2. The Morgan fingerprint density at radius 2 is 1.68 bits per heavy atom. The third-order valence-electron chi connectivity index (χ3n) is 3.69. The second kappa shape index (κ2) is 8.31. The maximum absolute atomic E-state index is 12.7. The van der Waals surface area contributed by atoms with E-state index in [0.717, 1.165) is 36.1 Å². The van der Waals surface area contributed by atoms with E-state index in [-0.39, 0.29) is 12.1 Å². The molecule has 2 aromatic carbocycles. The maximum Gasteiger partial charge on any atom is 0.416 e. The Morgan fingerprint density at radius 1 is 1.11 bits per heavy atom. The van der Waals surface area contributed by atoms with Crippen molar-refractivity contribution in [3.8, 4) is 6.07 Å². The lowest BCUT2D eigenvalue weighted by Crippen LogP contribution is -2.37. The van der Waals surface area contributed by atoms with Crippen LogP contribution in [0.2, 0.25) is 0 Å². The van der Waals surface area contributed by atoms with Crippen LogP contribution in [0, 0.1) is 11.3 Å². The lowest BCUT2D eigenvalue weighted by molar-refractivity contribution is -0.137. The molecule has 0 atom stereocenters. The molecule has 0 saturated carbocycles. The number of rotatable bonds is 6. The van der Waals surface area contributed by atoms with Gasteiger partial charge in [-0.1, -0.05) is 12.1 Å². The SMILES string of the molecule is CS(=O)(=O)N(CC(=O)Nc1ccc(CC#N)cc1)c1ccc(C(F)(F)F)cc1. The summed E-state index contributed by atoms with van der Waals surface area (Å²) in [5, 5.41) is 11.1. The number of nitrogens with zero attached hydrogens (tertiary/aromatic N) is 2. The largest absolute Gasteiger partial charge is 0.416 e. The zero-order chi connectivity index (χ0) is 20.9. The average molecular weight is 411 g/mol. The van der Waals surface area contributed by atoms with Crippen molar-refractivity contribution in [2.75, 3.05) is 22.4 Å². The van der Waals surface area contributed by atoms with Crippen LogP contribution in [-0.4, -0.2) is 27.1 Å². The zero-order valence-electron chi connectivity index (χ0n) is 14.7. The highest BCUT2D eigenvalue weighted by atomic mass is 32.2. The maximum atomic E-state index is 12.7. The zero-order valence-corrected chi connectivity index (χ0v) is 15.5. The quantitative estimate of drug-likeness (QED) is 0.791. The van der Waals surface area contributed by atoms with E-state index in [2.05, 4.69) is 5.32 Å². The van der Waals surface area contributed by atoms with E-state index in [4.69, 9.17) is 5.26 Å². The molecule has 2 rings (SSSR count). The Bertz CT molecular complexity index is 980. The van der Waals surface area contributed by atoms with E-state index >= 15 is 0 Å². The van der Waals surface area contributed by atoms with E-state index in [1.165, 1.54) is 0 Å². The van der Waals surface area contributed by atoms with Gasteiger partial charge >= 0.3 is 6.18 Å². The van der Waals surface area contributed by atoms with Gasteiger partial charge in [0.2, 0.25) is 15.9 Å². The number of nitrogens with one attached hydrogen (secondary N) is 1. The predicted octanol–water partition coefficient (Wildman–Crippen LogP) is 3.18. The Kier molecular flexibility index (Phi) is 6.30. The molecule has 6 nitrogen and oxygen atoms in total. The first-order valence-corrected chi connectivity index (χ1v) is 9.76. The molecule has 1 N–H and O–H groups in total.